The van der Waals surface area contributed by atoms with Crippen LogP contribution in [0, 0.1) is 0 Å². The van der Waals surface area contributed by atoms with Crippen LogP contribution in [0.5, 0.6) is 0 Å². The van der Waals surface area contributed by atoms with E-state index in [0.29, 0.717) is 36.2 Å². The molecule has 172 valence electrons. The quantitative estimate of drug-likeness (QED) is 0.671. The highest BCUT2D eigenvalue weighted by Gasteiger charge is 2.46. The van der Waals surface area contributed by atoms with Gasteiger partial charge in [-0.25, -0.2) is 23.5 Å². The fourth-order valence-electron chi connectivity index (χ4n) is 4.57. The average Bonchev–Trinajstić information content (AvgIpc) is 3.51. The lowest BCUT2D eigenvalue weighted by Gasteiger charge is -2.35. The van der Waals surface area contributed by atoms with Gasteiger partial charge in [0.25, 0.3) is 0 Å². The van der Waals surface area contributed by atoms with E-state index in [1.165, 1.54) is 0 Å². The third-order valence-corrected chi connectivity index (χ3v) is 10.1. The van der Waals surface area contributed by atoms with E-state index in [2.05, 4.69) is 23.7 Å². The molecular formula is C22H29ClN6O2S. The minimum atomic E-state index is -2.43. The molecule has 2 aromatic rings. The van der Waals surface area contributed by atoms with Gasteiger partial charge in [0.15, 0.2) is 5.82 Å². The van der Waals surface area contributed by atoms with Gasteiger partial charge >= 0.3 is 0 Å². The van der Waals surface area contributed by atoms with Gasteiger partial charge in [0.2, 0.25) is 0 Å². The number of morpholine rings is 1. The summed E-state index contributed by atoms with van der Waals surface area (Å²) in [5.41, 5.74) is 7.42. The van der Waals surface area contributed by atoms with Gasteiger partial charge in [-0.15, -0.1) is 0 Å². The SMILES string of the molecule is C[C@@H]1COCCN1c1cc(C2(C)CCCS2(=O)=NC2CC2)nc(-c2cc(N)nc(Cl)c2)n1. The van der Waals surface area contributed by atoms with Crippen molar-refractivity contribution in [2.45, 2.75) is 56.4 Å². The Morgan fingerprint density at radius 2 is 2.09 bits per heavy atom. The summed E-state index contributed by atoms with van der Waals surface area (Å²) in [4.78, 5) is 16.1. The number of hydrogen-bond acceptors (Lipinski definition) is 8. The van der Waals surface area contributed by atoms with Crippen LogP contribution in [0.2, 0.25) is 5.15 Å². The lowest BCUT2D eigenvalue weighted by atomic mass is 10.0. The number of anilines is 2. The Balaban J connectivity index is 1.68. The number of nitrogens with zero attached hydrogens (tertiary/aromatic N) is 5. The Morgan fingerprint density at radius 3 is 2.81 bits per heavy atom. The van der Waals surface area contributed by atoms with Crippen LogP contribution in [0.25, 0.3) is 11.4 Å². The van der Waals surface area contributed by atoms with Gasteiger partial charge in [0, 0.05) is 23.9 Å². The smallest absolute Gasteiger partial charge is 0.162 e. The molecule has 0 radical (unpaired) electrons. The van der Waals surface area contributed by atoms with Crippen LogP contribution in [0.4, 0.5) is 11.6 Å². The van der Waals surface area contributed by atoms with Crippen molar-refractivity contribution in [2.24, 2.45) is 4.36 Å². The van der Waals surface area contributed by atoms with Crippen molar-refractivity contribution in [3.63, 3.8) is 0 Å². The normalized spacial score (nSPS) is 30.5. The zero-order valence-corrected chi connectivity index (χ0v) is 20.0. The van der Waals surface area contributed by atoms with Gasteiger partial charge in [-0.2, -0.15) is 0 Å². The van der Waals surface area contributed by atoms with E-state index in [1.807, 2.05) is 6.07 Å². The first-order valence-electron chi connectivity index (χ1n) is 11.2. The molecule has 10 heteroatoms. The Labute approximate surface area is 194 Å². The van der Waals surface area contributed by atoms with Gasteiger partial charge in [-0.1, -0.05) is 11.6 Å². The van der Waals surface area contributed by atoms with Gasteiger partial charge in [-0.3, -0.25) is 0 Å². The highest BCUT2D eigenvalue weighted by atomic mass is 35.5. The molecular weight excluding hydrogens is 448 g/mol. The molecule has 0 bridgehead atoms. The molecule has 2 unspecified atom stereocenters. The molecule has 5 rings (SSSR count). The summed E-state index contributed by atoms with van der Waals surface area (Å²) in [7, 11) is -2.43. The third kappa shape index (κ3) is 3.95. The largest absolute Gasteiger partial charge is 0.384 e. The second-order valence-electron chi connectivity index (χ2n) is 9.17. The Hall–Kier alpha value is -1.97. The summed E-state index contributed by atoms with van der Waals surface area (Å²) in [6.45, 7) is 6.17. The van der Waals surface area contributed by atoms with E-state index < -0.39 is 14.5 Å². The monoisotopic (exact) mass is 476 g/mol. The second kappa shape index (κ2) is 8.11. The van der Waals surface area contributed by atoms with Crippen molar-refractivity contribution in [1.29, 1.82) is 0 Å². The minimum Gasteiger partial charge on any atom is -0.384 e. The standard InChI is InChI=1S/C22H29ClN6O2S/c1-14-13-31-8-7-29(14)20-12-17(22(2)6-3-9-32(22,30)28-16-4-5-16)25-21(27-20)15-10-18(23)26-19(24)11-15/h10-12,14,16H,3-9,13H2,1-2H3,(H2,24,26)/t14-,22?,32?/m1/s1. The summed E-state index contributed by atoms with van der Waals surface area (Å²) in [5.74, 6) is 2.24. The number of nitrogen functional groups attached to an aromatic ring is 1. The van der Waals surface area contributed by atoms with E-state index >= 15 is 0 Å². The van der Waals surface area contributed by atoms with E-state index in [0.717, 1.165) is 43.7 Å². The van der Waals surface area contributed by atoms with E-state index in [1.54, 1.807) is 12.1 Å². The van der Waals surface area contributed by atoms with Gasteiger partial charge in [0.1, 0.15) is 16.8 Å². The van der Waals surface area contributed by atoms with Crippen molar-refractivity contribution < 1.29 is 8.95 Å². The van der Waals surface area contributed by atoms with Crippen molar-refractivity contribution in [3.8, 4) is 11.4 Å². The maximum Gasteiger partial charge on any atom is 0.162 e. The number of pyridine rings is 1. The molecule has 32 heavy (non-hydrogen) atoms. The number of nitrogens with two attached hydrogens (primary N) is 1. The van der Waals surface area contributed by atoms with Gasteiger partial charge < -0.3 is 15.4 Å². The summed E-state index contributed by atoms with van der Waals surface area (Å²) >= 11 is 6.18. The minimum absolute atomic E-state index is 0.169. The Bertz CT molecular complexity index is 1140. The van der Waals surface area contributed by atoms with Crippen molar-refractivity contribution in [3.05, 3.63) is 29.0 Å². The zero-order chi connectivity index (χ0) is 22.5. The number of halogens is 1. The zero-order valence-electron chi connectivity index (χ0n) is 18.5. The van der Waals surface area contributed by atoms with Crippen LogP contribution in [0.15, 0.2) is 22.6 Å². The van der Waals surface area contributed by atoms with Crippen LogP contribution in [0.1, 0.15) is 45.2 Å². The molecule has 3 atom stereocenters. The number of rotatable bonds is 4. The summed E-state index contributed by atoms with van der Waals surface area (Å²) in [6.07, 6.45) is 3.74. The molecule has 8 nitrogen and oxygen atoms in total. The Morgan fingerprint density at radius 1 is 1.28 bits per heavy atom. The van der Waals surface area contributed by atoms with E-state index in [9.17, 15) is 4.21 Å². The first kappa shape index (κ1) is 21.9. The molecule has 0 spiro atoms. The fourth-order valence-corrected chi connectivity index (χ4v) is 7.69. The van der Waals surface area contributed by atoms with Crippen LogP contribution in [-0.2, 0) is 19.2 Å². The van der Waals surface area contributed by atoms with Crippen LogP contribution in [-0.4, -0.2) is 56.8 Å². The van der Waals surface area contributed by atoms with Crippen molar-refractivity contribution in [2.75, 3.05) is 36.1 Å². The topological polar surface area (TPSA) is 107 Å². The first-order chi connectivity index (χ1) is 15.3. The van der Waals surface area contributed by atoms with Crippen LogP contribution < -0.4 is 10.6 Å². The van der Waals surface area contributed by atoms with Gasteiger partial charge in [0.05, 0.1) is 45.5 Å². The molecule has 4 heterocycles. The van der Waals surface area contributed by atoms with E-state index in [-0.39, 0.29) is 17.2 Å². The molecule has 1 aliphatic carbocycles. The maximum atomic E-state index is 14.1. The van der Waals surface area contributed by atoms with Gasteiger partial charge in [-0.05, 0) is 51.7 Å². The average molecular weight is 477 g/mol. The molecule has 2 N–H and O–H groups in total. The number of aromatic nitrogens is 3. The lowest BCUT2D eigenvalue weighted by molar-refractivity contribution is 0.0985. The second-order valence-corrected chi connectivity index (χ2v) is 12.4. The van der Waals surface area contributed by atoms with Crippen molar-refractivity contribution in [1.82, 2.24) is 15.0 Å². The summed E-state index contributed by atoms with van der Waals surface area (Å²) in [6, 6.07) is 5.85. The molecule has 2 saturated heterocycles. The molecule has 3 fully saturated rings. The van der Waals surface area contributed by atoms with E-state index in [4.69, 9.17) is 36.4 Å². The van der Waals surface area contributed by atoms with Crippen LogP contribution >= 0.6 is 11.6 Å². The number of hydrogen-bond donors (Lipinski definition) is 1. The molecule has 2 aliphatic heterocycles. The molecule has 3 aliphatic rings. The molecule has 0 amide bonds. The maximum absolute atomic E-state index is 14.1. The third-order valence-electron chi connectivity index (χ3n) is 6.63. The fraction of sp³-hybridized carbons (Fsp3) is 0.591. The molecule has 0 aromatic carbocycles. The highest BCUT2D eigenvalue weighted by Crippen LogP contribution is 2.45. The van der Waals surface area contributed by atoms with Crippen molar-refractivity contribution >= 4 is 33.0 Å². The lowest BCUT2D eigenvalue weighted by Crippen LogP contribution is -2.44. The predicted octanol–water partition coefficient (Wildman–Crippen LogP) is 3.64. The first-order valence-corrected chi connectivity index (χ1v) is 13.2. The summed E-state index contributed by atoms with van der Waals surface area (Å²) < 4.78 is 23.9. The number of ether oxygens (including phenoxy) is 1. The van der Waals surface area contributed by atoms with Crippen LogP contribution in [0.3, 0.4) is 0 Å². The summed E-state index contributed by atoms with van der Waals surface area (Å²) in [5, 5.41) is 0.287. The Kier molecular flexibility index (Phi) is 5.54. The highest BCUT2D eigenvalue weighted by molar-refractivity contribution is 7.94. The predicted molar refractivity (Wildman–Crippen MR) is 127 cm³/mol. The molecule has 1 saturated carbocycles. The molecule has 2 aromatic heterocycles.